The van der Waals surface area contributed by atoms with Gasteiger partial charge < -0.3 is 5.11 Å². The molecule has 0 saturated heterocycles. The molecule has 0 heterocycles. The maximum Gasteiger partial charge on any atom is 0.124 e. The zero-order chi connectivity index (χ0) is 14.4. The first-order chi connectivity index (χ1) is 9.69. The van der Waals surface area contributed by atoms with Crippen molar-refractivity contribution in [1.29, 1.82) is 0 Å². The Kier molecular flexibility index (Phi) is 5.49. The summed E-state index contributed by atoms with van der Waals surface area (Å²) in [5.74, 6) is 5.65. The van der Waals surface area contributed by atoms with E-state index in [1.165, 1.54) is 12.1 Å². The Balaban J connectivity index is 2.16. The monoisotopic (exact) mass is 306 g/mol. The molecule has 0 aromatic heterocycles. The molecule has 0 bridgehead atoms. The van der Waals surface area contributed by atoms with Gasteiger partial charge in [-0.3, -0.25) is 0 Å². The van der Waals surface area contributed by atoms with Crippen LogP contribution in [0.2, 0.25) is 5.02 Å². The van der Waals surface area contributed by atoms with Crippen LogP contribution in [0, 0.1) is 17.7 Å². The number of benzene rings is 2. The van der Waals surface area contributed by atoms with Crippen molar-refractivity contribution in [3.63, 3.8) is 0 Å². The molecule has 0 fully saturated rings. The topological polar surface area (TPSA) is 20.2 Å². The fourth-order valence-electron chi connectivity index (χ4n) is 1.64. The molecule has 0 aliphatic rings. The number of rotatable bonds is 3. The molecule has 4 heteroatoms. The molecule has 2 aromatic rings. The number of halogens is 2. The highest BCUT2D eigenvalue weighted by Gasteiger charge is 2.04. The van der Waals surface area contributed by atoms with Crippen LogP contribution >= 0.6 is 23.4 Å². The van der Waals surface area contributed by atoms with E-state index in [0.717, 1.165) is 10.5 Å². The zero-order valence-corrected chi connectivity index (χ0v) is 12.1. The second kappa shape index (κ2) is 7.35. The fourth-order valence-corrected chi connectivity index (χ4v) is 2.86. The molecule has 2 aromatic carbocycles. The lowest BCUT2D eigenvalue weighted by Gasteiger charge is -2.05. The smallest absolute Gasteiger partial charge is 0.124 e. The molecule has 20 heavy (non-hydrogen) atoms. The molecule has 0 atom stereocenters. The highest BCUT2D eigenvalue weighted by molar-refractivity contribution is 7.98. The molecule has 2 rings (SSSR count). The van der Waals surface area contributed by atoms with Gasteiger partial charge in [-0.1, -0.05) is 35.6 Å². The molecule has 0 aliphatic carbocycles. The number of aliphatic hydroxyl groups is 1. The first-order valence-electron chi connectivity index (χ1n) is 5.95. The summed E-state index contributed by atoms with van der Waals surface area (Å²) in [6, 6.07) is 12.1. The van der Waals surface area contributed by atoms with E-state index in [1.807, 2.05) is 24.3 Å². The summed E-state index contributed by atoms with van der Waals surface area (Å²) in [6.45, 7) is -0.239. The number of aliphatic hydroxyl groups excluding tert-OH is 1. The number of hydrogen-bond acceptors (Lipinski definition) is 2. The third-order valence-corrected chi connectivity index (χ3v) is 3.84. The summed E-state index contributed by atoms with van der Waals surface area (Å²) in [5.41, 5.74) is 1.53. The quantitative estimate of drug-likeness (QED) is 0.680. The highest BCUT2D eigenvalue weighted by atomic mass is 35.5. The number of thioether (sulfide) groups is 1. The van der Waals surface area contributed by atoms with E-state index >= 15 is 0 Å². The average molecular weight is 307 g/mol. The van der Waals surface area contributed by atoms with Crippen molar-refractivity contribution in [2.24, 2.45) is 0 Å². The number of hydrogen-bond donors (Lipinski definition) is 1. The van der Waals surface area contributed by atoms with Gasteiger partial charge in [-0.25, -0.2) is 4.39 Å². The lowest BCUT2D eigenvalue weighted by molar-refractivity contribution is 0.350. The van der Waals surface area contributed by atoms with Crippen molar-refractivity contribution in [3.8, 4) is 11.8 Å². The first-order valence-corrected chi connectivity index (χ1v) is 7.32. The molecule has 102 valence electrons. The molecule has 0 saturated carbocycles. The van der Waals surface area contributed by atoms with Crippen LogP contribution in [-0.4, -0.2) is 11.7 Å². The first kappa shape index (κ1) is 14.9. The van der Waals surface area contributed by atoms with E-state index in [0.29, 0.717) is 16.3 Å². The van der Waals surface area contributed by atoms with E-state index in [9.17, 15) is 4.39 Å². The Bertz CT molecular complexity index is 661. The molecular weight excluding hydrogens is 295 g/mol. The van der Waals surface area contributed by atoms with Gasteiger partial charge in [0.15, 0.2) is 0 Å². The second-order valence-electron chi connectivity index (χ2n) is 4.01. The van der Waals surface area contributed by atoms with Crippen molar-refractivity contribution in [2.45, 2.75) is 10.6 Å². The third kappa shape index (κ3) is 4.28. The summed E-state index contributed by atoms with van der Waals surface area (Å²) >= 11 is 7.54. The summed E-state index contributed by atoms with van der Waals surface area (Å²) in [4.78, 5) is 1.04. The standard InChI is InChI=1S/C16H12ClFOS/c17-14-4-1-5-16(10-14)20-11-13-6-7-15(18)9-12(13)3-2-8-19/h1,4-7,9-10,19H,8,11H2. The van der Waals surface area contributed by atoms with E-state index in [4.69, 9.17) is 16.7 Å². The van der Waals surface area contributed by atoms with Gasteiger partial charge in [0, 0.05) is 21.2 Å². The molecule has 0 aliphatic heterocycles. The summed E-state index contributed by atoms with van der Waals surface area (Å²) in [7, 11) is 0. The van der Waals surface area contributed by atoms with Crippen molar-refractivity contribution < 1.29 is 9.50 Å². The Morgan fingerprint density at radius 3 is 2.80 bits per heavy atom. The van der Waals surface area contributed by atoms with Gasteiger partial charge in [0.25, 0.3) is 0 Å². The van der Waals surface area contributed by atoms with Crippen LogP contribution in [0.4, 0.5) is 4.39 Å². The van der Waals surface area contributed by atoms with Gasteiger partial charge in [-0.2, -0.15) is 0 Å². The Labute approximate surface area is 126 Å². The summed E-state index contributed by atoms with van der Waals surface area (Å²) in [6.07, 6.45) is 0. The molecule has 0 radical (unpaired) electrons. The minimum absolute atomic E-state index is 0.239. The molecule has 0 amide bonds. The minimum Gasteiger partial charge on any atom is -0.384 e. The zero-order valence-electron chi connectivity index (χ0n) is 10.6. The Hall–Kier alpha value is -1.47. The van der Waals surface area contributed by atoms with Crippen molar-refractivity contribution in [1.82, 2.24) is 0 Å². The molecule has 0 unspecified atom stereocenters. The van der Waals surface area contributed by atoms with E-state index in [1.54, 1.807) is 17.8 Å². The second-order valence-corrected chi connectivity index (χ2v) is 5.49. The van der Waals surface area contributed by atoms with Crippen LogP contribution in [0.25, 0.3) is 0 Å². The summed E-state index contributed by atoms with van der Waals surface area (Å²) in [5, 5.41) is 9.43. The fraction of sp³-hybridized carbons (Fsp3) is 0.125. The van der Waals surface area contributed by atoms with Crippen molar-refractivity contribution in [3.05, 3.63) is 64.4 Å². The molecule has 1 N–H and O–H groups in total. The predicted molar refractivity (Wildman–Crippen MR) is 81.4 cm³/mol. The van der Waals surface area contributed by atoms with E-state index in [2.05, 4.69) is 11.8 Å². The normalized spacial score (nSPS) is 9.95. The maximum atomic E-state index is 13.2. The SMILES string of the molecule is OCC#Cc1cc(F)ccc1CSc1cccc(Cl)c1. The molecule has 1 nitrogen and oxygen atoms in total. The van der Waals surface area contributed by atoms with Crippen LogP contribution in [0.15, 0.2) is 47.4 Å². The predicted octanol–water partition coefficient (Wildman–Crippen LogP) is 4.12. The van der Waals surface area contributed by atoms with Crippen LogP contribution in [0.3, 0.4) is 0 Å². The van der Waals surface area contributed by atoms with Gasteiger partial charge >= 0.3 is 0 Å². The minimum atomic E-state index is -0.330. The maximum absolute atomic E-state index is 13.2. The Morgan fingerprint density at radius 1 is 1.20 bits per heavy atom. The van der Waals surface area contributed by atoms with Gasteiger partial charge in [-0.05, 0) is 35.9 Å². The highest BCUT2D eigenvalue weighted by Crippen LogP contribution is 2.26. The Morgan fingerprint density at radius 2 is 2.05 bits per heavy atom. The van der Waals surface area contributed by atoms with Gasteiger partial charge in [-0.15, -0.1) is 11.8 Å². The van der Waals surface area contributed by atoms with E-state index < -0.39 is 0 Å². The van der Waals surface area contributed by atoms with Crippen LogP contribution < -0.4 is 0 Å². The van der Waals surface area contributed by atoms with Crippen molar-refractivity contribution in [2.75, 3.05) is 6.61 Å². The van der Waals surface area contributed by atoms with E-state index in [-0.39, 0.29) is 12.4 Å². The molecular formula is C16H12ClFOS. The van der Waals surface area contributed by atoms with Crippen LogP contribution in [-0.2, 0) is 5.75 Å². The third-order valence-electron chi connectivity index (χ3n) is 2.56. The van der Waals surface area contributed by atoms with Gasteiger partial charge in [0.2, 0.25) is 0 Å². The lowest BCUT2D eigenvalue weighted by atomic mass is 10.1. The van der Waals surface area contributed by atoms with Crippen LogP contribution in [0.1, 0.15) is 11.1 Å². The van der Waals surface area contributed by atoms with Crippen molar-refractivity contribution >= 4 is 23.4 Å². The molecule has 0 spiro atoms. The summed E-state index contributed by atoms with van der Waals surface area (Å²) < 4.78 is 13.2. The largest absolute Gasteiger partial charge is 0.384 e. The van der Waals surface area contributed by atoms with Crippen LogP contribution in [0.5, 0.6) is 0 Å². The van der Waals surface area contributed by atoms with Gasteiger partial charge in [0.05, 0.1) is 0 Å². The van der Waals surface area contributed by atoms with Gasteiger partial charge in [0.1, 0.15) is 12.4 Å². The lowest BCUT2D eigenvalue weighted by Crippen LogP contribution is -1.90. The average Bonchev–Trinajstić information content (AvgIpc) is 2.44.